The van der Waals surface area contributed by atoms with E-state index in [4.69, 9.17) is 4.74 Å². The van der Waals surface area contributed by atoms with Crippen molar-refractivity contribution in [3.63, 3.8) is 0 Å². The number of carbonyl (C=O) groups is 1. The number of aliphatic hydroxyl groups is 1. The lowest BCUT2D eigenvalue weighted by molar-refractivity contribution is -0.149. The van der Waals surface area contributed by atoms with E-state index in [-0.39, 0.29) is 30.3 Å². The van der Waals surface area contributed by atoms with Gasteiger partial charge >= 0.3 is 0 Å². The van der Waals surface area contributed by atoms with Crippen molar-refractivity contribution in [1.82, 2.24) is 4.90 Å². The van der Waals surface area contributed by atoms with E-state index in [0.717, 1.165) is 32.2 Å². The molecule has 0 aromatic rings. The van der Waals surface area contributed by atoms with E-state index in [9.17, 15) is 9.90 Å². The summed E-state index contributed by atoms with van der Waals surface area (Å²) < 4.78 is 6.04. The van der Waals surface area contributed by atoms with E-state index >= 15 is 0 Å². The molecule has 21 heavy (non-hydrogen) atoms. The number of hydrogen-bond donors (Lipinski definition) is 1. The molecule has 2 fully saturated rings. The first-order valence-electron chi connectivity index (χ1n) is 8.61. The molecule has 2 aliphatic rings. The van der Waals surface area contributed by atoms with Gasteiger partial charge in [0.1, 0.15) is 6.10 Å². The summed E-state index contributed by atoms with van der Waals surface area (Å²) >= 11 is 0. The van der Waals surface area contributed by atoms with Crippen LogP contribution in [0.2, 0.25) is 0 Å². The van der Waals surface area contributed by atoms with Crippen LogP contribution >= 0.6 is 0 Å². The Labute approximate surface area is 128 Å². The lowest BCUT2D eigenvalue weighted by Gasteiger charge is -2.32. The fourth-order valence-electron chi connectivity index (χ4n) is 3.85. The second kappa shape index (κ2) is 7.59. The molecule has 1 aliphatic heterocycles. The zero-order chi connectivity index (χ0) is 15.4. The third-order valence-electron chi connectivity index (χ3n) is 4.91. The highest BCUT2D eigenvalue weighted by Gasteiger charge is 2.33. The average Bonchev–Trinajstić information content (AvgIpc) is 2.85. The van der Waals surface area contributed by atoms with Gasteiger partial charge in [-0.25, -0.2) is 0 Å². The predicted octanol–water partition coefficient (Wildman–Crippen LogP) is 2.73. The van der Waals surface area contributed by atoms with Gasteiger partial charge in [0, 0.05) is 12.6 Å². The minimum Gasteiger partial charge on any atom is -0.393 e. The maximum absolute atomic E-state index is 12.6. The first-order valence-corrected chi connectivity index (χ1v) is 8.61. The quantitative estimate of drug-likeness (QED) is 0.849. The van der Waals surface area contributed by atoms with Crippen LogP contribution in [0.5, 0.6) is 0 Å². The summed E-state index contributed by atoms with van der Waals surface area (Å²) in [5, 5.41) is 9.57. The molecule has 1 saturated heterocycles. The van der Waals surface area contributed by atoms with Crippen molar-refractivity contribution in [3.8, 4) is 0 Å². The Morgan fingerprint density at radius 1 is 1.29 bits per heavy atom. The van der Waals surface area contributed by atoms with Gasteiger partial charge in [-0.15, -0.1) is 0 Å². The lowest BCUT2D eigenvalue weighted by Crippen LogP contribution is -2.44. The van der Waals surface area contributed by atoms with Crippen molar-refractivity contribution >= 4 is 5.91 Å². The van der Waals surface area contributed by atoms with Crippen molar-refractivity contribution in [2.45, 2.75) is 90.1 Å². The molecule has 1 N–H and O–H groups in total. The highest BCUT2D eigenvalue weighted by Crippen LogP contribution is 2.28. The topological polar surface area (TPSA) is 49.8 Å². The highest BCUT2D eigenvalue weighted by molar-refractivity contribution is 5.81. The molecule has 5 unspecified atom stereocenters. The molecule has 0 radical (unpaired) electrons. The number of hydrogen-bond acceptors (Lipinski definition) is 3. The first-order chi connectivity index (χ1) is 9.97. The van der Waals surface area contributed by atoms with Gasteiger partial charge in [0.25, 0.3) is 5.91 Å². The van der Waals surface area contributed by atoms with Gasteiger partial charge in [-0.3, -0.25) is 4.79 Å². The van der Waals surface area contributed by atoms with Crippen molar-refractivity contribution < 1.29 is 14.6 Å². The molecule has 0 aromatic carbocycles. The van der Waals surface area contributed by atoms with Gasteiger partial charge in [0.2, 0.25) is 0 Å². The summed E-state index contributed by atoms with van der Waals surface area (Å²) in [7, 11) is 0. The molecule has 4 heteroatoms. The smallest absolute Gasteiger partial charge is 0.251 e. The summed E-state index contributed by atoms with van der Waals surface area (Å²) in [6.45, 7) is 6.76. The molecule has 5 atom stereocenters. The molecule has 0 bridgehead atoms. The van der Waals surface area contributed by atoms with E-state index in [1.807, 2.05) is 11.8 Å². The Hall–Kier alpha value is -0.610. The Morgan fingerprint density at radius 2 is 2.05 bits per heavy atom. The number of rotatable bonds is 5. The van der Waals surface area contributed by atoms with Crippen molar-refractivity contribution in [1.29, 1.82) is 0 Å². The SMILES string of the molecule is CC(O)CC1CCCN1C(=O)C(C)OC1CCCC(C)C1. The van der Waals surface area contributed by atoms with Crippen molar-refractivity contribution in [2.75, 3.05) is 6.54 Å². The Morgan fingerprint density at radius 3 is 2.71 bits per heavy atom. The maximum Gasteiger partial charge on any atom is 0.251 e. The second-order valence-electron chi connectivity index (χ2n) is 7.08. The zero-order valence-electron chi connectivity index (χ0n) is 13.8. The monoisotopic (exact) mass is 297 g/mol. The van der Waals surface area contributed by atoms with E-state index in [1.165, 1.54) is 12.8 Å². The molecule has 0 spiro atoms. The predicted molar refractivity (Wildman–Crippen MR) is 83.0 cm³/mol. The number of aliphatic hydroxyl groups excluding tert-OH is 1. The second-order valence-corrected chi connectivity index (χ2v) is 7.08. The van der Waals surface area contributed by atoms with Crippen LogP contribution in [0.4, 0.5) is 0 Å². The normalized spacial score (nSPS) is 33.0. The fourth-order valence-corrected chi connectivity index (χ4v) is 3.85. The Balaban J connectivity index is 1.86. The molecule has 2 rings (SSSR count). The van der Waals surface area contributed by atoms with E-state index in [0.29, 0.717) is 12.3 Å². The van der Waals surface area contributed by atoms with Crippen LogP contribution in [0, 0.1) is 5.92 Å². The molecular weight excluding hydrogens is 266 g/mol. The molecule has 1 aliphatic carbocycles. The fraction of sp³-hybridized carbons (Fsp3) is 0.941. The van der Waals surface area contributed by atoms with Crippen LogP contribution in [0.1, 0.15) is 65.7 Å². The summed E-state index contributed by atoms with van der Waals surface area (Å²) in [4.78, 5) is 14.5. The van der Waals surface area contributed by atoms with Gasteiger partial charge in [0.15, 0.2) is 0 Å². The number of amides is 1. The zero-order valence-corrected chi connectivity index (χ0v) is 13.8. The molecule has 122 valence electrons. The number of ether oxygens (including phenoxy) is 1. The average molecular weight is 297 g/mol. The summed E-state index contributed by atoms with van der Waals surface area (Å²) in [6.07, 6.45) is 6.91. The molecular formula is C17H31NO3. The van der Waals surface area contributed by atoms with Gasteiger partial charge in [-0.2, -0.15) is 0 Å². The standard InChI is InChI=1S/C17H31NO3/c1-12-6-4-8-16(10-12)21-14(3)17(20)18-9-5-7-15(18)11-13(2)19/h12-16,19H,4-11H2,1-3H3. The maximum atomic E-state index is 12.6. The summed E-state index contributed by atoms with van der Waals surface area (Å²) in [6, 6.07) is 0.189. The summed E-state index contributed by atoms with van der Waals surface area (Å²) in [5.74, 6) is 0.817. The minimum absolute atomic E-state index is 0.108. The van der Waals surface area contributed by atoms with E-state index in [2.05, 4.69) is 6.92 Å². The largest absolute Gasteiger partial charge is 0.393 e. The van der Waals surface area contributed by atoms with Crippen LogP contribution in [-0.4, -0.2) is 46.8 Å². The van der Waals surface area contributed by atoms with Crippen LogP contribution in [0.15, 0.2) is 0 Å². The van der Waals surface area contributed by atoms with Crippen LogP contribution < -0.4 is 0 Å². The Bertz CT molecular complexity index is 345. The van der Waals surface area contributed by atoms with E-state index < -0.39 is 0 Å². The van der Waals surface area contributed by atoms with Crippen LogP contribution in [-0.2, 0) is 9.53 Å². The third kappa shape index (κ3) is 4.68. The first kappa shape index (κ1) is 16.8. The Kier molecular flexibility index (Phi) is 6.06. The van der Waals surface area contributed by atoms with Gasteiger partial charge in [-0.1, -0.05) is 19.8 Å². The number of likely N-dealkylation sites (tertiary alicyclic amines) is 1. The van der Waals surface area contributed by atoms with E-state index in [1.54, 1.807) is 6.92 Å². The van der Waals surface area contributed by atoms with Crippen LogP contribution in [0.25, 0.3) is 0 Å². The lowest BCUT2D eigenvalue weighted by atomic mass is 9.88. The number of nitrogens with zero attached hydrogens (tertiary/aromatic N) is 1. The van der Waals surface area contributed by atoms with Crippen molar-refractivity contribution in [2.24, 2.45) is 5.92 Å². The highest BCUT2D eigenvalue weighted by atomic mass is 16.5. The third-order valence-corrected chi connectivity index (χ3v) is 4.91. The molecule has 1 saturated carbocycles. The van der Waals surface area contributed by atoms with Gasteiger partial charge in [0.05, 0.1) is 12.2 Å². The molecule has 4 nitrogen and oxygen atoms in total. The van der Waals surface area contributed by atoms with Crippen molar-refractivity contribution in [3.05, 3.63) is 0 Å². The van der Waals surface area contributed by atoms with Crippen LogP contribution in [0.3, 0.4) is 0 Å². The molecule has 1 heterocycles. The summed E-state index contributed by atoms with van der Waals surface area (Å²) in [5.41, 5.74) is 0. The minimum atomic E-state index is -0.352. The van der Waals surface area contributed by atoms with Gasteiger partial charge < -0.3 is 14.7 Å². The van der Waals surface area contributed by atoms with Gasteiger partial charge in [-0.05, 0) is 51.9 Å². The molecule has 1 amide bonds. The molecule has 0 aromatic heterocycles. The number of carbonyl (C=O) groups excluding carboxylic acids is 1.